The molecule has 2 amide bonds. The molecule has 2 aliphatic rings. The fourth-order valence-electron chi connectivity index (χ4n) is 3.58. The average Bonchev–Trinajstić information content (AvgIpc) is 2.89. The first kappa shape index (κ1) is 25.8. The molecule has 36 heavy (non-hydrogen) atoms. The molecule has 2 unspecified atom stereocenters. The van der Waals surface area contributed by atoms with Gasteiger partial charge in [0.1, 0.15) is 11.6 Å². The van der Waals surface area contributed by atoms with Gasteiger partial charge < -0.3 is 30.9 Å². The number of likely N-dealkylation sites (N-methyl/N-ethyl adjacent to an activating group) is 1. The van der Waals surface area contributed by atoms with Crippen molar-refractivity contribution in [1.29, 1.82) is 5.26 Å². The Balaban J connectivity index is 1.57. The molecule has 1 aromatic carbocycles. The van der Waals surface area contributed by atoms with Gasteiger partial charge in [-0.15, -0.1) is 0 Å². The Kier molecular flexibility index (Phi) is 8.25. The van der Waals surface area contributed by atoms with E-state index in [4.69, 9.17) is 15.7 Å². The molecule has 2 aliphatic heterocycles. The minimum atomic E-state index is -0.770. The normalized spacial score (nSPS) is 19.8. The summed E-state index contributed by atoms with van der Waals surface area (Å²) in [5.41, 5.74) is 8.05. The summed E-state index contributed by atoms with van der Waals surface area (Å²) in [6.45, 7) is 0.257. The number of methoxy groups -OCH3 is 1. The summed E-state index contributed by atoms with van der Waals surface area (Å²) in [5, 5.41) is 14.3. The molecule has 1 aromatic rings. The average molecular weight is 490 g/mol. The Labute approximate surface area is 208 Å². The van der Waals surface area contributed by atoms with Crippen molar-refractivity contribution in [2.75, 3.05) is 27.7 Å². The van der Waals surface area contributed by atoms with Crippen molar-refractivity contribution in [2.24, 2.45) is 10.7 Å². The number of benzene rings is 1. The van der Waals surface area contributed by atoms with E-state index >= 15 is 0 Å². The van der Waals surface area contributed by atoms with E-state index in [0.29, 0.717) is 5.56 Å². The molecular weight excluding hydrogens is 462 g/mol. The van der Waals surface area contributed by atoms with Crippen LogP contribution in [0.25, 0.3) is 0 Å². The summed E-state index contributed by atoms with van der Waals surface area (Å²) in [6.07, 6.45) is 8.86. The molecule has 0 aromatic heterocycles. The van der Waals surface area contributed by atoms with Crippen molar-refractivity contribution in [3.05, 3.63) is 82.9 Å². The monoisotopic (exact) mass is 489 g/mol. The summed E-state index contributed by atoms with van der Waals surface area (Å²) < 4.78 is 4.73. The number of aliphatic imine (C=N–C) groups is 1. The second-order valence-corrected chi connectivity index (χ2v) is 8.04. The minimum Gasteiger partial charge on any atom is -0.465 e. The van der Waals surface area contributed by atoms with Crippen molar-refractivity contribution in [3.8, 4) is 6.07 Å². The first-order valence-electron chi connectivity index (χ1n) is 10.9. The Bertz CT molecular complexity index is 1220. The molecule has 4 N–H and O–H groups in total. The number of esters is 1. The van der Waals surface area contributed by atoms with Gasteiger partial charge in [0, 0.05) is 45.5 Å². The van der Waals surface area contributed by atoms with E-state index in [0.717, 1.165) is 17.3 Å². The second-order valence-electron chi connectivity index (χ2n) is 8.04. The van der Waals surface area contributed by atoms with Gasteiger partial charge in [-0.3, -0.25) is 9.59 Å². The molecular formula is C25H27N7O4. The van der Waals surface area contributed by atoms with Crippen LogP contribution in [0.5, 0.6) is 0 Å². The Morgan fingerprint density at radius 1 is 1.25 bits per heavy atom. The lowest BCUT2D eigenvalue weighted by atomic mass is 10.00. The van der Waals surface area contributed by atoms with E-state index < -0.39 is 18.1 Å². The fourth-order valence-corrected chi connectivity index (χ4v) is 3.58. The zero-order valence-electron chi connectivity index (χ0n) is 20.1. The van der Waals surface area contributed by atoms with Crippen LogP contribution in [0, 0.1) is 11.3 Å². The van der Waals surface area contributed by atoms with E-state index in [2.05, 4.69) is 15.6 Å². The van der Waals surface area contributed by atoms with E-state index in [1.165, 1.54) is 24.4 Å². The fraction of sp³-hybridized carbons (Fsp3) is 0.240. The van der Waals surface area contributed by atoms with Crippen LogP contribution in [0.4, 0.5) is 0 Å². The van der Waals surface area contributed by atoms with Crippen LogP contribution in [0.1, 0.15) is 22.0 Å². The number of hydrogen-bond donors (Lipinski definition) is 3. The van der Waals surface area contributed by atoms with E-state index in [-0.39, 0.29) is 29.7 Å². The molecule has 0 aliphatic carbocycles. The van der Waals surface area contributed by atoms with Crippen LogP contribution in [0.2, 0.25) is 0 Å². The Hall–Kier alpha value is -4.85. The molecule has 11 nitrogen and oxygen atoms in total. The highest BCUT2D eigenvalue weighted by Crippen LogP contribution is 2.26. The van der Waals surface area contributed by atoms with Gasteiger partial charge in [0.25, 0.3) is 11.8 Å². The number of nitriles is 1. The highest BCUT2D eigenvalue weighted by molar-refractivity contribution is 6.12. The molecule has 2 heterocycles. The van der Waals surface area contributed by atoms with Crippen molar-refractivity contribution in [1.82, 2.24) is 20.4 Å². The second kappa shape index (κ2) is 11.5. The molecule has 2 atom stereocenters. The van der Waals surface area contributed by atoms with Crippen LogP contribution in [-0.2, 0) is 14.3 Å². The van der Waals surface area contributed by atoms with Crippen LogP contribution in [-0.4, -0.2) is 67.8 Å². The molecule has 0 fully saturated rings. The van der Waals surface area contributed by atoms with Crippen LogP contribution < -0.4 is 16.4 Å². The van der Waals surface area contributed by atoms with E-state index in [9.17, 15) is 14.4 Å². The van der Waals surface area contributed by atoms with Gasteiger partial charge in [0.05, 0.1) is 24.3 Å². The van der Waals surface area contributed by atoms with Crippen molar-refractivity contribution in [2.45, 2.75) is 12.3 Å². The van der Waals surface area contributed by atoms with Gasteiger partial charge in [0.15, 0.2) is 6.29 Å². The first-order chi connectivity index (χ1) is 17.3. The maximum Gasteiger partial charge on any atom is 0.337 e. The third-order valence-corrected chi connectivity index (χ3v) is 5.57. The summed E-state index contributed by atoms with van der Waals surface area (Å²) in [5.74, 6) is -1.36. The number of nitrogens with one attached hydrogen (secondary N) is 2. The molecule has 3 rings (SSSR count). The standard InChI is InChI=1S/C25H27N7O4/c1-31-14-16(4-9-21(31)17-5-7-18(8-6-17)24(35)36-3)12-28-22(33)19(10-26)13-29-25-30-23(34)20(11-27)15-32(25)2/h4-10,13-15,21,25H,12,26H2,1-3H3,(H,28,33)(H,30,34)/b19-10+,29-13+. The number of nitrogens with two attached hydrogens (primary N) is 1. The zero-order valence-corrected chi connectivity index (χ0v) is 20.1. The molecule has 0 spiro atoms. The van der Waals surface area contributed by atoms with Crippen molar-refractivity contribution in [3.63, 3.8) is 0 Å². The topological polar surface area (TPSA) is 153 Å². The molecule has 186 valence electrons. The molecule has 11 heteroatoms. The van der Waals surface area contributed by atoms with Crippen LogP contribution >= 0.6 is 0 Å². The van der Waals surface area contributed by atoms with Crippen LogP contribution in [0.15, 0.2) is 76.7 Å². The van der Waals surface area contributed by atoms with Gasteiger partial charge >= 0.3 is 5.97 Å². The summed E-state index contributed by atoms with van der Waals surface area (Å²) in [7, 11) is 4.91. The van der Waals surface area contributed by atoms with Crippen molar-refractivity contribution >= 4 is 24.0 Å². The van der Waals surface area contributed by atoms with E-state index in [1.54, 1.807) is 25.2 Å². The van der Waals surface area contributed by atoms with Gasteiger partial charge in [-0.2, -0.15) is 5.26 Å². The summed E-state index contributed by atoms with van der Waals surface area (Å²) in [6, 6.07) is 8.96. The molecule has 0 radical (unpaired) electrons. The number of ether oxygens (including phenoxy) is 1. The first-order valence-corrected chi connectivity index (χ1v) is 10.9. The highest BCUT2D eigenvalue weighted by atomic mass is 16.5. The number of carbonyl (C=O) groups excluding carboxylic acids is 3. The Morgan fingerprint density at radius 2 is 1.97 bits per heavy atom. The van der Waals surface area contributed by atoms with Crippen LogP contribution in [0.3, 0.4) is 0 Å². The van der Waals surface area contributed by atoms with Gasteiger partial charge in [-0.05, 0) is 23.3 Å². The predicted molar refractivity (Wildman–Crippen MR) is 133 cm³/mol. The minimum absolute atomic E-state index is 0.0268. The quantitative estimate of drug-likeness (QED) is 0.287. The van der Waals surface area contributed by atoms with E-state index in [1.807, 2.05) is 42.4 Å². The number of amides is 2. The number of carbonyl (C=O) groups is 3. The van der Waals surface area contributed by atoms with Gasteiger partial charge in [-0.1, -0.05) is 24.3 Å². The van der Waals surface area contributed by atoms with Crippen molar-refractivity contribution < 1.29 is 19.1 Å². The maximum absolute atomic E-state index is 12.6. The maximum atomic E-state index is 12.6. The molecule has 0 bridgehead atoms. The predicted octanol–water partition coefficient (Wildman–Crippen LogP) is 0.682. The number of hydrogen-bond acceptors (Lipinski definition) is 9. The lowest BCUT2D eigenvalue weighted by Gasteiger charge is -2.29. The number of rotatable bonds is 7. The highest BCUT2D eigenvalue weighted by Gasteiger charge is 2.23. The largest absolute Gasteiger partial charge is 0.465 e. The molecule has 0 saturated carbocycles. The lowest BCUT2D eigenvalue weighted by Crippen LogP contribution is -2.47. The third-order valence-electron chi connectivity index (χ3n) is 5.57. The zero-order chi connectivity index (χ0) is 26.2. The Morgan fingerprint density at radius 3 is 2.58 bits per heavy atom. The summed E-state index contributed by atoms with van der Waals surface area (Å²) in [4.78, 5) is 43.8. The van der Waals surface area contributed by atoms with Gasteiger partial charge in [0.2, 0.25) is 0 Å². The third kappa shape index (κ3) is 5.98. The SMILES string of the molecule is COC(=O)c1ccc(C2C=CC(CNC(=O)C(/C=N/C3NC(=O)C(C#N)=CN3C)=C/N)=CN2C)cc1. The lowest BCUT2D eigenvalue weighted by molar-refractivity contribution is -0.119. The summed E-state index contributed by atoms with van der Waals surface area (Å²) >= 11 is 0. The van der Waals surface area contributed by atoms with Gasteiger partial charge in [-0.25, -0.2) is 9.79 Å². The number of nitrogens with zero attached hydrogens (tertiary/aromatic N) is 4. The molecule has 0 saturated heterocycles. The smallest absolute Gasteiger partial charge is 0.337 e.